The minimum Gasteiger partial charge on any atom is -0.497 e. The zero-order valence-electron chi connectivity index (χ0n) is 16.0. The van der Waals surface area contributed by atoms with E-state index in [0.29, 0.717) is 23.0 Å². The van der Waals surface area contributed by atoms with E-state index in [1.165, 1.54) is 11.3 Å². The van der Waals surface area contributed by atoms with E-state index in [1.807, 2.05) is 30.3 Å². The number of anilines is 1. The van der Waals surface area contributed by atoms with Crippen molar-refractivity contribution in [2.24, 2.45) is 0 Å². The maximum absolute atomic E-state index is 13.4. The summed E-state index contributed by atoms with van der Waals surface area (Å²) in [6.07, 6.45) is 3.43. The number of fused-ring (bicyclic) bond motifs is 1. The number of amides is 1. The molecular formula is C22H19N3O3S. The molecule has 0 saturated carbocycles. The zero-order valence-corrected chi connectivity index (χ0v) is 16.8. The van der Waals surface area contributed by atoms with Gasteiger partial charge in [-0.1, -0.05) is 11.3 Å². The van der Waals surface area contributed by atoms with Crippen LogP contribution in [-0.2, 0) is 6.54 Å². The lowest BCUT2D eigenvalue weighted by molar-refractivity contribution is 0.0985. The second-order valence-electron chi connectivity index (χ2n) is 6.31. The molecule has 0 radical (unpaired) electrons. The van der Waals surface area contributed by atoms with Gasteiger partial charge in [-0.3, -0.25) is 14.7 Å². The second kappa shape index (κ2) is 8.28. The molecule has 0 saturated heterocycles. The van der Waals surface area contributed by atoms with E-state index in [4.69, 9.17) is 14.5 Å². The summed E-state index contributed by atoms with van der Waals surface area (Å²) >= 11 is 1.46. The van der Waals surface area contributed by atoms with Crippen molar-refractivity contribution in [3.8, 4) is 11.5 Å². The van der Waals surface area contributed by atoms with Gasteiger partial charge in [-0.15, -0.1) is 0 Å². The Bertz CT molecular complexity index is 1130. The fourth-order valence-corrected chi connectivity index (χ4v) is 3.91. The molecule has 0 atom stereocenters. The number of methoxy groups -OCH3 is 2. The van der Waals surface area contributed by atoms with Crippen LogP contribution in [0.4, 0.5) is 5.13 Å². The normalized spacial score (nSPS) is 10.7. The lowest BCUT2D eigenvalue weighted by Gasteiger charge is -2.20. The number of aromatic nitrogens is 2. The predicted octanol–water partition coefficient (Wildman–Crippen LogP) is 4.56. The van der Waals surface area contributed by atoms with Gasteiger partial charge < -0.3 is 9.47 Å². The standard InChI is InChI=1S/C22H19N3O3S/c1-27-17-5-3-16(4-6-17)21(26)25(14-15-9-11-23-12-10-15)22-24-19-8-7-18(28-2)13-20(19)29-22/h3-13H,14H2,1-2H3. The number of ether oxygens (including phenoxy) is 2. The van der Waals surface area contributed by atoms with Crippen molar-refractivity contribution < 1.29 is 14.3 Å². The van der Waals surface area contributed by atoms with Gasteiger partial charge in [0.05, 0.1) is 31.0 Å². The van der Waals surface area contributed by atoms with Crippen molar-refractivity contribution in [3.63, 3.8) is 0 Å². The van der Waals surface area contributed by atoms with Gasteiger partial charge in [0.15, 0.2) is 5.13 Å². The Balaban J connectivity index is 1.74. The van der Waals surface area contributed by atoms with Crippen LogP contribution in [0, 0.1) is 0 Å². The molecule has 0 N–H and O–H groups in total. The average molecular weight is 405 g/mol. The van der Waals surface area contributed by atoms with Crippen LogP contribution >= 0.6 is 11.3 Å². The van der Waals surface area contributed by atoms with Gasteiger partial charge >= 0.3 is 0 Å². The van der Waals surface area contributed by atoms with Gasteiger partial charge in [0, 0.05) is 18.0 Å². The first-order valence-electron chi connectivity index (χ1n) is 8.97. The third-order valence-corrected chi connectivity index (χ3v) is 5.53. The molecule has 2 heterocycles. The maximum atomic E-state index is 13.4. The Morgan fingerprint density at radius 3 is 2.34 bits per heavy atom. The molecule has 1 amide bonds. The molecule has 29 heavy (non-hydrogen) atoms. The quantitative estimate of drug-likeness (QED) is 0.471. The summed E-state index contributed by atoms with van der Waals surface area (Å²) in [5.74, 6) is 1.33. The number of hydrogen-bond donors (Lipinski definition) is 0. The van der Waals surface area contributed by atoms with Crippen LogP contribution in [0.5, 0.6) is 11.5 Å². The summed E-state index contributed by atoms with van der Waals surface area (Å²) in [6, 6.07) is 16.6. The molecule has 6 nitrogen and oxygen atoms in total. The number of thiazole rings is 1. The topological polar surface area (TPSA) is 64.5 Å². The molecule has 0 unspecified atom stereocenters. The van der Waals surface area contributed by atoms with Gasteiger partial charge in [-0.05, 0) is 60.2 Å². The minimum absolute atomic E-state index is 0.129. The molecule has 0 aliphatic heterocycles. The number of carbonyl (C=O) groups is 1. The van der Waals surface area contributed by atoms with E-state index in [-0.39, 0.29) is 5.91 Å². The fraction of sp³-hybridized carbons (Fsp3) is 0.136. The smallest absolute Gasteiger partial charge is 0.260 e. The van der Waals surface area contributed by atoms with Gasteiger partial charge in [0.25, 0.3) is 5.91 Å². The molecule has 2 aromatic carbocycles. The van der Waals surface area contributed by atoms with E-state index in [0.717, 1.165) is 21.5 Å². The van der Waals surface area contributed by atoms with Crippen molar-refractivity contribution in [3.05, 3.63) is 78.1 Å². The molecule has 146 valence electrons. The first kappa shape index (κ1) is 18.9. The van der Waals surface area contributed by atoms with Crippen LogP contribution in [0.25, 0.3) is 10.2 Å². The maximum Gasteiger partial charge on any atom is 0.260 e. The second-order valence-corrected chi connectivity index (χ2v) is 7.31. The highest BCUT2D eigenvalue weighted by molar-refractivity contribution is 7.22. The van der Waals surface area contributed by atoms with Crippen molar-refractivity contribution in [2.75, 3.05) is 19.1 Å². The fourth-order valence-electron chi connectivity index (χ4n) is 2.92. The number of hydrogen-bond acceptors (Lipinski definition) is 6. The van der Waals surface area contributed by atoms with Gasteiger partial charge in [-0.2, -0.15) is 0 Å². The van der Waals surface area contributed by atoms with Gasteiger partial charge in [0.2, 0.25) is 0 Å². The van der Waals surface area contributed by atoms with Gasteiger partial charge in [-0.25, -0.2) is 4.98 Å². The van der Waals surface area contributed by atoms with E-state index < -0.39 is 0 Å². The number of pyridine rings is 1. The summed E-state index contributed by atoms with van der Waals surface area (Å²) in [4.78, 5) is 23.8. The Morgan fingerprint density at radius 1 is 0.966 bits per heavy atom. The van der Waals surface area contributed by atoms with Crippen LogP contribution in [0.2, 0.25) is 0 Å². The molecule has 0 aliphatic rings. The third kappa shape index (κ3) is 4.05. The van der Waals surface area contributed by atoms with Crippen molar-refractivity contribution in [2.45, 2.75) is 6.54 Å². The van der Waals surface area contributed by atoms with Crippen LogP contribution < -0.4 is 14.4 Å². The van der Waals surface area contributed by atoms with E-state index >= 15 is 0 Å². The highest BCUT2D eigenvalue weighted by Gasteiger charge is 2.22. The summed E-state index contributed by atoms with van der Waals surface area (Å²) in [7, 11) is 3.23. The SMILES string of the molecule is COc1ccc(C(=O)N(Cc2ccncc2)c2nc3ccc(OC)cc3s2)cc1. The summed E-state index contributed by atoms with van der Waals surface area (Å²) in [5.41, 5.74) is 2.36. The third-order valence-electron chi connectivity index (χ3n) is 4.49. The van der Waals surface area contributed by atoms with Crippen molar-refractivity contribution in [1.82, 2.24) is 9.97 Å². The van der Waals surface area contributed by atoms with Crippen LogP contribution in [0.15, 0.2) is 67.0 Å². The van der Waals surface area contributed by atoms with E-state index in [9.17, 15) is 4.79 Å². The van der Waals surface area contributed by atoms with Crippen molar-refractivity contribution in [1.29, 1.82) is 0 Å². The number of nitrogens with zero attached hydrogens (tertiary/aromatic N) is 3. The molecule has 0 aliphatic carbocycles. The largest absolute Gasteiger partial charge is 0.497 e. The molecule has 0 bridgehead atoms. The molecule has 2 aromatic heterocycles. The zero-order chi connectivity index (χ0) is 20.2. The molecule has 7 heteroatoms. The molecule has 4 rings (SSSR count). The monoisotopic (exact) mass is 405 g/mol. The van der Waals surface area contributed by atoms with Crippen LogP contribution in [0.1, 0.15) is 15.9 Å². The highest BCUT2D eigenvalue weighted by atomic mass is 32.1. The average Bonchev–Trinajstić information content (AvgIpc) is 3.20. The lowest BCUT2D eigenvalue weighted by Crippen LogP contribution is -2.30. The first-order valence-corrected chi connectivity index (χ1v) is 9.79. The highest BCUT2D eigenvalue weighted by Crippen LogP contribution is 2.33. The number of carbonyl (C=O) groups excluding carboxylic acids is 1. The van der Waals surface area contributed by atoms with E-state index in [1.54, 1.807) is 55.8 Å². The van der Waals surface area contributed by atoms with Crippen LogP contribution in [0.3, 0.4) is 0 Å². The number of benzene rings is 2. The molecule has 0 spiro atoms. The number of rotatable bonds is 6. The predicted molar refractivity (Wildman–Crippen MR) is 114 cm³/mol. The Labute approximate surface area is 172 Å². The van der Waals surface area contributed by atoms with E-state index in [2.05, 4.69) is 4.98 Å². The minimum atomic E-state index is -0.129. The molecule has 4 aromatic rings. The van der Waals surface area contributed by atoms with Crippen molar-refractivity contribution >= 4 is 32.6 Å². The summed E-state index contributed by atoms with van der Waals surface area (Å²) in [5, 5.41) is 0.630. The lowest BCUT2D eigenvalue weighted by atomic mass is 10.1. The Hall–Kier alpha value is -3.45. The first-order chi connectivity index (χ1) is 14.2. The molecular weight excluding hydrogens is 386 g/mol. The van der Waals surface area contributed by atoms with Gasteiger partial charge in [0.1, 0.15) is 11.5 Å². The van der Waals surface area contributed by atoms with Crippen LogP contribution in [-0.4, -0.2) is 30.1 Å². The Kier molecular flexibility index (Phi) is 5.39. The summed E-state index contributed by atoms with van der Waals surface area (Å²) in [6.45, 7) is 0.393. The molecule has 0 fully saturated rings. The Morgan fingerprint density at radius 2 is 1.66 bits per heavy atom. The summed E-state index contributed by atoms with van der Waals surface area (Å²) < 4.78 is 11.5.